The van der Waals surface area contributed by atoms with Crippen molar-refractivity contribution in [3.05, 3.63) is 64.9 Å². The lowest BCUT2D eigenvalue weighted by Crippen LogP contribution is -2.54. The number of nitrogens with one attached hydrogen (secondary N) is 1. The average molecular weight is 524 g/mol. The molecule has 1 aromatic heterocycles. The van der Waals surface area contributed by atoms with Crippen LogP contribution in [0.5, 0.6) is 0 Å². The molecule has 0 radical (unpaired) electrons. The number of halogens is 5. The molecule has 1 fully saturated rings. The maximum Gasteiger partial charge on any atom is 0.283 e. The summed E-state index contributed by atoms with van der Waals surface area (Å²) in [5.41, 5.74) is 1.13. The number of fused-ring (bicyclic) bond motifs is 3. The predicted molar refractivity (Wildman–Crippen MR) is 131 cm³/mol. The standard InChI is InChI=1S/C27H30F5N3O2/c1-16-9-20-19-5-2-3-6-23(19)37-26(20)25(35(16)14-27(31,32)15-36)24-21(29)10-17(11-22(24)30)33-18-12-34(13-18)8-4-7-28/h2-3,5-6,10-11,16,18,25,33,36H,4,7-9,12-15H2,1H3/t16-,25-/m1/s1. The van der Waals surface area contributed by atoms with Gasteiger partial charge in [0, 0.05) is 47.9 Å². The SMILES string of the molecule is C[C@@H]1Cc2c(oc3ccccc23)[C@@H](c2c(F)cc(NC3CN(CCCF)C3)cc2F)N1CC(F)(F)CO. The molecule has 2 aliphatic rings. The van der Waals surface area contributed by atoms with Crippen molar-refractivity contribution in [2.24, 2.45) is 0 Å². The zero-order valence-electron chi connectivity index (χ0n) is 20.5. The Morgan fingerprint density at radius 1 is 1.14 bits per heavy atom. The molecule has 10 heteroatoms. The van der Waals surface area contributed by atoms with E-state index < -0.39 is 42.8 Å². The Labute approximate surface area is 211 Å². The quantitative estimate of drug-likeness (QED) is 0.381. The lowest BCUT2D eigenvalue weighted by atomic mass is 9.88. The van der Waals surface area contributed by atoms with E-state index in [4.69, 9.17) is 4.42 Å². The van der Waals surface area contributed by atoms with Gasteiger partial charge in [0.15, 0.2) is 0 Å². The van der Waals surface area contributed by atoms with E-state index in [1.807, 2.05) is 17.0 Å². The van der Waals surface area contributed by atoms with E-state index in [0.717, 1.165) is 10.9 Å². The number of para-hydroxylation sites is 1. The fraction of sp³-hybridized carbons (Fsp3) is 0.481. The van der Waals surface area contributed by atoms with Crippen LogP contribution in [0.1, 0.15) is 36.3 Å². The number of hydrogen-bond acceptors (Lipinski definition) is 5. The Morgan fingerprint density at radius 2 is 1.84 bits per heavy atom. The summed E-state index contributed by atoms with van der Waals surface area (Å²) in [6.07, 6.45) is 0.800. The van der Waals surface area contributed by atoms with Gasteiger partial charge in [0.25, 0.3) is 5.92 Å². The Balaban J connectivity index is 1.50. The van der Waals surface area contributed by atoms with Crippen LogP contribution in [-0.2, 0) is 6.42 Å². The van der Waals surface area contributed by atoms with Gasteiger partial charge in [0.2, 0.25) is 0 Å². The van der Waals surface area contributed by atoms with Crippen molar-refractivity contribution in [3.8, 4) is 0 Å². The minimum absolute atomic E-state index is 0.0271. The highest BCUT2D eigenvalue weighted by molar-refractivity contribution is 5.83. The molecule has 5 nitrogen and oxygen atoms in total. The number of nitrogens with zero attached hydrogens (tertiary/aromatic N) is 2. The van der Waals surface area contributed by atoms with E-state index in [2.05, 4.69) is 5.32 Å². The molecule has 5 rings (SSSR count). The molecule has 0 amide bonds. The highest BCUT2D eigenvalue weighted by Crippen LogP contribution is 2.45. The van der Waals surface area contributed by atoms with Crippen LogP contribution in [0.4, 0.5) is 27.6 Å². The minimum Gasteiger partial charge on any atom is -0.459 e. The number of furan rings is 1. The van der Waals surface area contributed by atoms with Crippen molar-refractivity contribution in [2.45, 2.75) is 43.8 Å². The second-order valence-electron chi connectivity index (χ2n) is 10.1. The van der Waals surface area contributed by atoms with Gasteiger partial charge in [-0.3, -0.25) is 14.2 Å². The normalized spacial score (nSPS) is 21.3. The molecule has 3 heterocycles. The van der Waals surface area contributed by atoms with E-state index in [9.17, 15) is 18.3 Å². The number of likely N-dealkylation sites (tertiary alicyclic amines) is 1. The van der Waals surface area contributed by atoms with E-state index in [1.54, 1.807) is 19.1 Å². The first-order valence-electron chi connectivity index (χ1n) is 12.5. The van der Waals surface area contributed by atoms with Gasteiger partial charge in [-0.15, -0.1) is 0 Å². The van der Waals surface area contributed by atoms with Crippen LogP contribution in [0, 0.1) is 11.6 Å². The van der Waals surface area contributed by atoms with Gasteiger partial charge in [-0.1, -0.05) is 18.2 Å². The Hall–Kier alpha value is -2.69. The van der Waals surface area contributed by atoms with Crippen LogP contribution in [0.15, 0.2) is 40.8 Å². The number of alkyl halides is 3. The maximum atomic E-state index is 15.6. The number of aliphatic hydroxyl groups is 1. The summed E-state index contributed by atoms with van der Waals surface area (Å²) >= 11 is 0. The Morgan fingerprint density at radius 3 is 2.51 bits per heavy atom. The Bertz CT molecular complexity index is 1240. The molecule has 2 atom stereocenters. The van der Waals surface area contributed by atoms with E-state index in [0.29, 0.717) is 38.1 Å². The lowest BCUT2D eigenvalue weighted by Gasteiger charge is -2.41. The molecule has 0 saturated carbocycles. The van der Waals surface area contributed by atoms with Gasteiger partial charge in [-0.25, -0.2) is 17.6 Å². The molecule has 0 bridgehead atoms. The number of hydrogen-bond donors (Lipinski definition) is 2. The molecule has 2 aromatic carbocycles. The third-order valence-corrected chi connectivity index (χ3v) is 7.31. The summed E-state index contributed by atoms with van der Waals surface area (Å²) in [4.78, 5) is 3.36. The topological polar surface area (TPSA) is 51.9 Å². The fourth-order valence-corrected chi connectivity index (χ4v) is 5.52. The molecule has 0 unspecified atom stereocenters. The predicted octanol–water partition coefficient (Wildman–Crippen LogP) is 5.13. The third-order valence-electron chi connectivity index (χ3n) is 7.31. The van der Waals surface area contributed by atoms with Gasteiger partial charge in [0.1, 0.15) is 35.6 Å². The largest absolute Gasteiger partial charge is 0.459 e. The van der Waals surface area contributed by atoms with Crippen LogP contribution in [0.3, 0.4) is 0 Å². The molecule has 0 spiro atoms. The fourth-order valence-electron chi connectivity index (χ4n) is 5.52. The van der Waals surface area contributed by atoms with Gasteiger partial charge < -0.3 is 14.8 Å². The first-order chi connectivity index (χ1) is 17.7. The van der Waals surface area contributed by atoms with Gasteiger partial charge in [-0.05, 0) is 38.0 Å². The highest BCUT2D eigenvalue weighted by atomic mass is 19.3. The number of aliphatic hydroxyl groups excluding tert-OH is 1. The molecule has 37 heavy (non-hydrogen) atoms. The van der Waals surface area contributed by atoms with Crippen LogP contribution in [0.2, 0.25) is 0 Å². The van der Waals surface area contributed by atoms with Gasteiger partial charge >= 0.3 is 0 Å². The summed E-state index contributed by atoms with van der Waals surface area (Å²) in [5.74, 6) is -4.99. The summed E-state index contributed by atoms with van der Waals surface area (Å²) in [5, 5.41) is 13.1. The van der Waals surface area contributed by atoms with Crippen LogP contribution < -0.4 is 5.32 Å². The summed E-state index contributed by atoms with van der Waals surface area (Å²) < 4.78 is 78.5. The zero-order valence-corrected chi connectivity index (χ0v) is 20.5. The van der Waals surface area contributed by atoms with Gasteiger partial charge in [0.05, 0.1) is 19.3 Å². The second-order valence-corrected chi connectivity index (χ2v) is 10.1. The van der Waals surface area contributed by atoms with Crippen LogP contribution in [0.25, 0.3) is 11.0 Å². The van der Waals surface area contributed by atoms with Crippen molar-refractivity contribution < 1.29 is 31.5 Å². The minimum atomic E-state index is -3.47. The van der Waals surface area contributed by atoms with Gasteiger partial charge in [-0.2, -0.15) is 0 Å². The van der Waals surface area contributed by atoms with Crippen molar-refractivity contribution in [3.63, 3.8) is 0 Å². The molecule has 3 aromatic rings. The summed E-state index contributed by atoms with van der Waals surface area (Å²) in [6.45, 7) is 0.969. The molecular formula is C27H30F5N3O2. The summed E-state index contributed by atoms with van der Waals surface area (Å²) in [7, 11) is 0. The van der Waals surface area contributed by atoms with E-state index in [-0.39, 0.29) is 29.7 Å². The van der Waals surface area contributed by atoms with Crippen molar-refractivity contribution >= 4 is 16.7 Å². The van der Waals surface area contributed by atoms with Crippen molar-refractivity contribution in [1.82, 2.24) is 9.80 Å². The average Bonchev–Trinajstić information content (AvgIpc) is 3.19. The molecular weight excluding hydrogens is 493 g/mol. The molecule has 200 valence electrons. The molecule has 1 saturated heterocycles. The molecule has 0 aliphatic carbocycles. The molecule has 2 N–H and O–H groups in total. The van der Waals surface area contributed by atoms with Crippen molar-refractivity contribution in [2.75, 3.05) is 44.8 Å². The monoisotopic (exact) mass is 523 g/mol. The van der Waals surface area contributed by atoms with Crippen LogP contribution >= 0.6 is 0 Å². The number of rotatable bonds is 9. The smallest absolute Gasteiger partial charge is 0.283 e. The van der Waals surface area contributed by atoms with E-state index >= 15 is 8.78 Å². The first-order valence-corrected chi connectivity index (χ1v) is 12.5. The second kappa shape index (κ2) is 10.2. The zero-order chi connectivity index (χ0) is 26.3. The number of benzene rings is 2. The maximum absolute atomic E-state index is 15.6. The summed E-state index contributed by atoms with van der Waals surface area (Å²) in [6, 6.07) is 7.75. The highest BCUT2D eigenvalue weighted by Gasteiger charge is 2.44. The van der Waals surface area contributed by atoms with Crippen LogP contribution in [-0.4, -0.2) is 72.4 Å². The lowest BCUT2D eigenvalue weighted by molar-refractivity contribution is -0.0881. The van der Waals surface area contributed by atoms with Crippen molar-refractivity contribution in [1.29, 1.82) is 0 Å². The number of anilines is 1. The Kier molecular flexibility index (Phi) is 7.17. The molecule has 2 aliphatic heterocycles. The third kappa shape index (κ3) is 5.06. The van der Waals surface area contributed by atoms with E-state index in [1.165, 1.54) is 17.0 Å². The first kappa shape index (κ1) is 25.9.